The Morgan fingerprint density at radius 3 is 1.10 bits per heavy atom. The van der Waals surface area contributed by atoms with E-state index in [4.69, 9.17) is 19.9 Å². The van der Waals surface area contributed by atoms with Gasteiger partial charge in [-0.1, -0.05) is 84.9 Å². The van der Waals surface area contributed by atoms with Crippen LogP contribution in [0.3, 0.4) is 0 Å². The first-order valence-electron chi connectivity index (χ1n) is 14.1. The van der Waals surface area contributed by atoms with Gasteiger partial charge in [-0.25, -0.2) is 9.97 Å². The molecule has 4 nitrogen and oxygen atoms in total. The summed E-state index contributed by atoms with van der Waals surface area (Å²) < 4.78 is 0. The van der Waals surface area contributed by atoms with E-state index in [9.17, 15) is 0 Å². The van der Waals surface area contributed by atoms with Gasteiger partial charge in [0, 0.05) is 44.1 Å². The first kappa shape index (κ1) is 24.3. The summed E-state index contributed by atoms with van der Waals surface area (Å²) in [6.45, 7) is 4.04. The predicted molar refractivity (Wildman–Crippen MR) is 173 cm³/mol. The van der Waals surface area contributed by atoms with E-state index in [1.165, 1.54) is 0 Å². The molecule has 0 atom stereocenters. The molecule has 0 N–H and O–H groups in total. The van der Waals surface area contributed by atoms with Crippen LogP contribution in [0.2, 0.25) is 0 Å². The van der Waals surface area contributed by atoms with Crippen LogP contribution in [-0.2, 0) is 0 Å². The van der Waals surface area contributed by atoms with E-state index in [-0.39, 0.29) is 0 Å². The molecule has 8 rings (SSSR count). The molecule has 0 aliphatic rings. The summed E-state index contributed by atoms with van der Waals surface area (Å²) in [5.41, 5.74) is 12.0. The third kappa shape index (κ3) is 4.16. The summed E-state index contributed by atoms with van der Waals surface area (Å²) in [6, 6.07) is 42.4. The molecule has 0 saturated carbocycles. The van der Waals surface area contributed by atoms with Crippen molar-refractivity contribution in [3.05, 3.63) is 133 Å². The van der Waals surface area contributed by atoms with Gasteiger partial charge in [0.2, 0.25) is 0 Å². The Balaban J connectivity index is 1.20. The van der Waals surface area contributed by atoms with Gasteiger partial charge >= 0.3 is 0 Å². The highest BCUT2D eigenvalue weighted by molar-refractivity contribution is 6.04. The van der Waals surface area contributed by atoms with Crippen molar-refractivity contribution >= 4 is 43.6 Å². The molecule has 4 heterocycles. The van der Waals surface area contributed by atoms with Gasteiger partial charge in [0.15, 0.2) is 0 Å². The topological polar surface area (TPSA) is 51.6 Å². The second-order valence-electron chi connectivity index (χ2n) is 10.9. The van der Waals surface area contributed by atoms with Crippen LogP contribution in [0.4, 0.5) is 0 Å². The normalized spacial score (nSPS) is 11.6. The summed E-state index contributed by atoms with van der Waals surface area (Å²) in [7, 11) is 0. The molecule has 4 aromatic carbocycles. The van der Waals surface area contributed by atoms with E-state index >= 15 is 0 Å². The maximum atomic E-state index is 5.10. The molecule has 0 unspecified atom stereocenters. The summed E-state index contributed by atoms with van der Waals surface area (Å²) in [6.07, 6.45) is 0. The van der Waals surface area contributed by atoms with Crippen LogP contribution in [0.5, 0.6) is 0 Å². The molecule has 4 heteroatoms. The fraction of sp³-hybridized carbons (Fsp3) is 0.0526. The number of hydrogen-bond donors (Lipinski definition) is 0. The predicted octanol–water partition coefficient (Wildman–Crippen LogP) is 9.50. The molecular formula is C38H26N4. The van der Waals surface area contributed by atoms with Gasteiger partial charge in [-0.05, 0) is 61.4 Å². The van der Waals surface area contributed by atoms with Crippen molar-refractivity contribution in [2.75, 3.05) is 0 Å². The van der Waals surface area contributed by atoms with Crippen LogP contribution in [0.1, 0.15) is 11.4 Å². The lowest BCUT2D eigenvalue weighted by Crippen LogP contribution is -1.91. The Morgan fingerprint density at radius 1 is 0.333 bits per heavy atom. The molecule has 0 fully saturated rings. The monoisotopic (exact) mass is 538 g/mol. The minimum absolute atomic E-state index is 0.931. The van der Waals surface area contributed by atoms with Crippen LogP contribution in [0.15, 0.2) is 121 Å². The maximum Gasteiger partial charge on any atom is 0.0972 e. The number of fused-ring (bicyclic) bond motifs is 6. The molecule has 0 radical (unpaired) electrons. The number of hydrogen-bond acceptors (Lipinski definition) is 4. The van der Waals surface area contributed by atoms with Gasteiger partial charge in [-0.2, -0.15) is 0 Å². The molecule has 42 heavy (non-hydrogen) atoms. The van der Waals surface area contributed by atoms with Gasteiger partial charge < -0.3 is 0 Å². The zero-order chi connectivity index (χ0) is 28.2. The number of rotatable bonds is 3. The van der Waals surface area contributed by atoms with Crippen molar-refractivity contribution in [1.82, 2.24) is 19.9 Å². The zero-order valence-corrected chi connectivity index (χ0v) is 23.3. The third-order valence-corrected chi connectivity index (χ3v) is 7.97. The lowest BCUT2D eigenvalue weighted by molar-refractivity contribution is 1.25. The van der Waals surface area contributed by atoms with Crippen molar-refractivity contribution < 1.29 is 0 Å². The molecule has 0 spiro atoms. The van der Waals surface area contributed by atoms with Crippen molar-refractivity contribution in [2.45, 2.75) is 13.8 Å². The Kier molecular flexibility index (Phi) is 5.54. The lowest BCUT2D eigenvalue weighted by Gasteiger charge is -2.10. The number of pyridine rings is 4. The highest BCUT2D eigenvalue weighted by Crippen LogP contribution is 2.32. The van der Waals surface area contributed by atoms with Gasteiger partial charge in [0.1, 0.15) is 0 Å². The fourth-order valence-electron chi connectivity index (χ4n) is 5.77. The highest BCUT2D eigenvalue weighted by Gasteiger charge is 2.11. The first-order valence-corrected chi connectivity index (χ1v) is 14.1. The van der Waals surface area contributed by atoms with Crippen molar-refractivity contribution in [3.63, 3.8) is 0 Å². The minimum Gasteiger partial charge on any atom is -0.251 e. The number of aromatic nitrogens is 4. The number of nitrogens with zero attached hydrogens (tertiary/aromatic N) is 4. The fourth-order valence-corrected chi connectivity index (χ4v) is 5.77. The number of aryl methyl sites for hydroxylation is 2. The summed E-state index contributed by atoms with van der Waals surface area (Å²) in [5.74, 6) is 0. The van der Waals surface area contributed by atoms with E-state index in [1.54, 1.807) is 0 Å². The van der Waals surface area contributed by atoms with Gasteiger partial charge in [-0.15, -0.1) is 0 Å². The first-order chi connectivity index (χ1) is 20.6. The minimum atomic E-state index is 0.931. The van der Waals surface area contributed by atoms with E-state index in [2.05, 4.69) is 109 Å². The van der Waals surface area contributed by atoms with Crippen LogP contribution in [-0.4, -0.2) is 19.9 Å². The molecular weight excluding hydrogens is 512 g/mol. The average molecular weight is 539 g/mol. The standard InChI is InChI=1S/C38H26N4/c1-23-9-11-25-13-15-27-17-19-33(41-37(27)35(25)39-23)31-7-3-5-29(21-31)30-6-4-8-32(22-30)34-20-18-28-16-14-26-12-10-24(2)40-36(26)38(28)42-34/h3-22H,1-2H3. The average Bonchev–Trinajstić information content (AvgIpc) is 3.04. The Morgan fingerprint density at radius 2 is 0.667 bits per heavy atom. The van der Waals surface area contributed by atoms with E-state index in [1.807, 2.05) is 26.0 Å². The van der Waals surface area contributed by atoms with Crippen LogP contribution in [0.25, 0.3) is 77.3 Å². The second kappa shape index (κ2) is 9.57. The van der Waals surface area contributed by atoms with E-state index in [0.717, 1.165) is 88.6 Å². The van der Waals surface area contributed by atoms with Crippen LogP contribution >= 0.6 is 0 Å². The molecule has 8 aromatic rings. The smallest absolute Gasteiger partial charge is 0.0972 e. The van der Waals surface area contributed by atoms with Crippen molar-refractivity contribution in [2.24, 2.45) is 0 Å². The van der Waals surface area contributed by atoms with E-state index < -0.39 is 0 Å². The number of benzene rings is 4. The molecule has 198 valence electrons. The molecule has 0 bridgehead atoms. The zero-order valence-electron chi connectivity index (χ0n) is 23.3. The van der Waals surface area contributed by atoms with Gasteiger partial charge in [-0.3, -0.25) is 9.97 Å². The van der Waals surface area contributed by atoms with Crippen molar-refractivity contribution in [3.8, 4) is 33.6 Å². The molecule has 0 saturated heterocycles. The largest absolute Gasteiger partial charge is 0.251 e. The third-order valence-electron chi connectivity index (χ3n) is 7.97. The second-order valence-corrected chi connectivity index (χ2v) is 10.9. The van der Waals surface area contributed by atoms with Crippen LogP contribution in [0, 0.1) is 13.8 Å². The summed E-state index contributed by atoms with van der Waals surface area (Å²) in [4.78, 5) is 19.8. The summed E-state index contributed by atoms with van der Waals surface area (Å²) >= 11 is 0. The quantitative estimate of drug-likeness (QED) is 0.210. The van der Waals surface area contributed by atoms with Gasteiger partial charge in [0.25, 0.3) is 0 Å². The Hall–Kier alpha value is -5.48. The Labute approximate surface area is 243 Å². The molecule has 0 aliphatic carbocycles. The Bertz CT molecular complexity index is 2170. The highest BCUT2D eigenvalue weighted by atomic mass is 14.8. The molecule has 0 aliphatic heterocycles. The van der Waals surface area contributed by atoms with E-state index in [0.29, 0.717) is 0 Å². The van der Waals surface area contributed by atoms with Crippen LogP contribution < -0.4 is 0 Å². The molecule has 0 amide bonds. The lowest BCUT2D eigenvalue weighted by atomic mass is 9.98. The van der Waals surface area contributed by atoms with Gasteiger partial charge in [0.05, 0.1) is 33.5 Å². The summed E-state index contributed by atoms with van der Waals surface area (Å²) in [5, 5.41) is 4.39. The SMILES string of the molecule is Cc1ccc2ccc3ccc(-c4cccc(-c5cccc(-c6ccc7ccc8ccc(C)nc8c7n6)c5)c4)nc3c2n1. The van der Waals surface area contributed by atoms with Crippen molar-refractivity contribution in [1.29, 1.82) is 0 Å². The maximum absolute atomic E-state index is 5.10. The molecule has 4 aromatic heterocycles.